The first-order chi connectivity index (χ1) is 8.56. The number of nitrogens with one attached hydrogen (secondary N) is 1. The van der Waals surface area contributed by atoms with Crippen molar-refractivity contribution < 1.29 is 19.1 Å². The number of rotatable bonds is 5. The van der Waals surface area contributed by atoms with Gasteiger partial charge in [0, 0.05) is 12.2 Å². The predicted molar refractivity (Wildman–Crippen MR) is 60.4 cm³/mol. The van der Waals surface area contributed by atoms with Crippen molar-refractivity contribution in [2.45, 2.75) is 25.3 Å². The third-order valence-corrected chi connectivity index (χ3v) is 2.89. The summed E-state index contributed by atoms with van der Waals surface area (Å²) in [5.74, 6) is -1.78. The summed E-state index contributed by atoms with van der Waals surface area (Å²) in [7, 11) is 0. The quantitative estimate of drug-likeness (QED) is 0.772. The molecule has 1 aromatic rings. The lowest BCUT2D eigenvalue weighted by molar-refractivity contribution is -0.137. The molecular formula is C12H13FN2O3. The Balaban J connectivity index is 2.00. The van der Waals surface area contributed by atoms with E-state index in [0.717, 1.165) is 25.1 Å². The van der Waals surface area contributed by atoms with Gasteiger partial charge in [0.2, 0.25) is 5.95 Å². The molecule has 18 heavy (non-hydrogen) atoms. The van der Waals surface area contributed by atoms with E-state index in [4.69, 9.17) is 5.11 Å². The lowest BCUT2D eigenvalue weighted by Crippen LogP contribution is -2.38. The van der Waals surface area contributed by atoms with Gasteiger partial charge in [-0.1, -0.05) is 0 Å². The van der Waals surface area contributed by atoms with Gasteiger partial charge in [-0.15, -0.1) is 0 Å². The van der Waals surface area contributed by atoms with E-state index in [-0.39, 0.29) is 23.9 Å². The summed E-state index contributed by atoms with van der Waals surface area (Å²) < 4.78 is 12.6. The van der Waals surface area contributed by atoms with Crippen molar-refractivity contribution in [2.75, 3.05) is 0 Å². The molecule has 0 bridgehead atoms. The van der Waals surface area contributed by atoms with Gasteiger partial charge in [-0.05, 0) is 30.9 Å². The van der Waals surface area contributed by atoms with Gasteiger partial charge in [0.1, 0.15) is 0 Å². The molecule has 96 valence electrons. The van der Waals surface area contributed by atoms with Crippen LogP contribution < -0.4 is 5.32 Å². The Morgan fingerprint density at radius 3 is 2.72 bits per heavy atom. The summed E-state index contributed by atoms with van der Waals surface area (Å²) >= 11 is 0. The highest BCUT2D eigenvalue weighted by Crippen LogP contribution is 2.34. The third-order valence-electron chi connectivity index (χ3n) is 2.89. The zero-order chi connectivity index (χ0) is 13.1. The van der Waals surface area contributed by atoms with E-state index < -0.39 is 17.8 Å². The van der Waals surface area contributed by atoms with Crippen molar-refractivity contribution in [3.8, 4) is 0 Å². The van der Waals surface area contributed by atoms with E-state index >= 15 is 0 Å². The standard InChI is InChI=1S/C12H13FN2O3/c13-10-4-3-8(6-14-10)12(18)15-9(5-11(16)17)7-1-2-7/h3-4,6-7,9H,1-2,5H2,(H,15,18)(H,16,17). The van der Waals surface area contributed by atoms with Crippen LogP contribution in [0.15, 0.2) is 18.3 Å². The molecule has 0 spiro atoms. The second-order valence-corrected chi connectivity index (χ2v) is 4.38. The van der Waals surface area contributed by atoms with Gasteiger partial charge in [0.25, 0.3) is 5.91 Å². The van der Waals surface area contributed by atoms with Crippen molar-refractivity contribution in [2.24, 2.45) is 5.92 Å². The first kappa shape index (κ1) is 12.5. The zero-order valence-corrected chi connectivity index (χ0v) is 9.60. The van der Waals surface area contributed by atoms with E-state index in [1.165, 1.54) is 6.07 Å². The predicted octanol–water partition coefficient (Wildman–Crippen LogP) is 1.20. The average molecular weight is 252 g/mol. The highest BCUT2D eigenvalue weighted by atomic mass is 19.1. The fraction of sp³-hybridized carbons (Fsp3) is 0.417. The van der Waals surface area contributed by atoms with Crippen molar-refractivity contribution in [3.05, 3.63) is 29.8 Å². The lowest BCUT2D eigenvalue weighted by Gasteiger charge is -2.15. The van der Waals surface area contributed by atoms with Gasteiger partial charge in [0.05, 0.1) is 12.0 Å². The Labute approximate surface area is 103 Å². The van der Waals surface area contributed by atoms with Gasteiger partial charge < -0.3 is 10.4 Å². The van der Waals surface area contributed by atoms with Gasteiger partial charge in [-0.25, -0.2) is 4.98 Å². The summed E-state index contributed by atoms with van der Waals surface area (Å²) in [4.78, 5) is 25.9. The number of hydrogen-bond acceptors (Lipinski definition) is 3. The van der Waals surface area contributed by atoms with Crippen LogP contribution >= 0.6 is 0 Å². The monoisotopic (exact) mass is 252 g/mol. The van der Waals surface area contributed by atoms with E-state index in [9.17, 15) is 14.0 Å². The van der Waals surface area contributed by atoms with Crippen molar-refractivity contribution in [1.82, 2.24) is 10.3 Å². The average Bonchev–Trinajstić information content (AvgIpc) is 3.12. The first-order valence-corrected chi connectivity index (χ1v) is 5.70. The minimum absolute atomic E-state index is 0.0922. The highest BCUT2D eigenvalue weighted by molar-refractivity contribution is 5.94. The number of hydrogen-bond donors (Lipinski definition) is 2. The molecule has 1 aliphatic rings. The van der Waals surface area contributed by atoms with Crippen LogP contribution in [-0.2, 0) is 4.79 Å². The molecule has 1 heterocycles. The summed E-state index contributed by atoms with van der Waals surface area (Å²) in [6.45, 7) is 0. The zero-order valence-electron chi connectivity index (χ0n) is 9.60. The van der Waals surface area contributed by atoms with Crippen LogP contribution in [0.3, 0.4) is 0 Å². The molecule has 2 rings (SSSR count). The van der Waals surface area contributed by atoms with Crippen LogP contribution in [0.2, 0.25) is 0 Å². The number of amides is 1. The smallest absolute Gasteiger partial charge is 0.305 e. The highest BCUT2D eigenvalue weighted by Gasteiger charge is 2.33. The van der Waals surface area contributed by atoms with Gasteiger partial charge in [-0.2, -0.15) is 4.39 Å². The van der Waals surface area contributed by atoms with E-state index in [1.54, 1.807) is 0 Å². The summed E-state index contributed by atoms with van der Waals surface area (Å²) in [6.07, 6.45) is 2.90. The SMILES string of the molecule is O=C(O)CC(NC(=O)c1ccc(F)nc1)C1CC1. The third kappa shape index (κ3) is 3.26. The van der Waals surface area contributed by atoms with Crippen LogP contribution in [0.25, 0.3) is 0 Å². The van der Waals surface area contributed by atoms with Crippen molar-refractivity contribution in [1.29, 1.82) is 0 Å². The number of carboxylic acid groups (broad SMARTS) is 1. The number of halogens is 1. The van der Waals surface area contributed by atoms with E-state index in [0.29, 0.717) is 0 Å². The van der Waals surface area contributed by atoms with Crippen LogP contribution in [0, 0.1) is 11.9 Å². The number of aromatic nitrogens is 1. The normalized spacial score (nSPS) is 16.1. The van der Waals surface area contributed by atoms with E-state index in [2.05, 4.69) is 10.3 Å². The van der Waals surface area contributed by atoms with Gasteiger partial charge in [0.15, 0.2) is 0 Å². The largest absolute Gasteiger partial charge is 0.481 e. The van der Waals surface area contributed by atoms with Gasteiger partial charge in [-0.3, -0.25) is 9.59 Å². The maximum absolute atomic E-state index is 12.6. The molecule has 2 N–H and O–H groups in total. The topological polar surface area (TPSA) is 79.3 Å². The summed E-state index contributed by atoms with van der Waals surface area (Å²) in [6, 6.07) is 2.06. The number of nitrogens with zero attached hydrogens (tertiary/aromatic N) is 1. The molecule has 1 aliphatic carbocycles. The summed E-state index contributed by atoms with van der Waals surface area (Å²) in [5, 5.41) is 11.4. The number of carboxylic acids is 1. The molecule has 1 aromatic heterocycles. The minimum atomic E-state index is -0.940. The Morgan fingerprint density at radius 1 is 1.50 bits per heavy atom. The number of carbonyl (C=O) groups excluding carboxylic acids is 1. The molecular weight excluding hydrogens is 239 g/mol. The minimum Gasteiger partial charge on any atom is -0.481 e. The van der Waals surface area contributed by atoms with Crippen LogP contribution in [0.4, 0.5) is 4.39 Å². The molecule has 5 nitrogen and oxygen atoms in total. The fourth-order valence-electron chi connectivity index (χ4n) is 1.78. The molecule has 1 amide bonds. The molecule has 0 saturated heterocycles. The molecule has 0 aromatic carbocycles. The number of carbonyl (C=O) groups is 2. The van der Waals surface area contributed by atoms with Gasteiger partial charge >= 0.3 is 5.97 Å². The fourth-order valence-corrected chi connectivity index (χ4v) is 1.78. The second-order valence-electron chi connectivity index (χ2n) is 4.38. The maximum atomic E-state index is 12.6. The number of pyridine rings is 1. The molecule has 0 radical (unpaired) electrons. The maximum Gasteiger partial charge on any atom is 0.305 e. The first-order valence-electron chi connectivity index (χ1n) is 5.70. The Bertz CT molecular complexity index is 457. The molecule has 0 aliphatic heterocycles. The van der Waals surface area contributed by atoms with Crippen LogP contribution in [-0.4, -0.2) is 28.0 Å². The Morgan fingerprint density at radius 2 is 2.22 bits per heavy atom. The van der Waals surface area contributed by atoms with Crippen LogP contribution in [0.1, 0.15) is 29.6 Å². The van der Waals surface area contributed by atoms with E-state index in [1.807, 2.05) is 0 Å². The lowest BCUT2D eigenvalue weighted by atomic mass is 10.1. The number of aliphatic carboxylic acids is 1. The molecule has 1 fully saturated rings. The summed E-state index contributed by atoms with van der Waals surface area (Å²) in [5.41, 5.74) is 0.229. The molecule has 1 unspecified atom stereocenters. The second kappa shape index (κ2) is 5.12. The van der Waals surface area contributed by atoms with Crippen LogP contribution in [0.5, 0.6) is 0 Å². The Hall–Kier alpha value is -1.98. The van der Waals surface area contributed by atoms with Crippen molar-refractivity contribution >= 4 is 11.9 Å². The Kier molecular flexibility index (Phi) is 3.55. The van der Waals surface area contributed by atoms with Crippen molar-refractivity contribution in [3.63, 3.8) is 0 Å². The molecule has 1 atom stereocenters. The molecule has 1 saturated carbocycles. The molecule has 6 heteroatoms.